The molecule has 0 saturated carbocycles. The second-order valence-electron chi connectivity index (χ2n) is 14.9. The topological polar surface area (TPSA) is 159 Å². The van der Waals surface area contributed by atoms with Crippen LogP contribution in [0.15, 0.2) is 67.0 Å². The monoisotopic (exact) mass is 748 g/mol. The maximum atomic E-state index is 13.4. The van der Waals surface area contributed by atoms with Crippen LogP contribution in [0.25, 0.3) is 33.3 Å². The average Bonchev–Trinajstić information content (AvgIpc) is 3.73. The molecular weight excluding hydrogens is 709 g/mol. The van der Waals surface area contributed by atoms with Gasteiger partial charge in [-0.1, -0.05) is 43.0 Å². The highest BCUT2D eigenvalue weighted by Gasteiger charge is 2.39. The van der Waals surface area contributed by atoms with Crippen LogP contribution >= 0.6 is 0 Å². The number of hydrogen-bond acceptors (Lipinski definition) is 8. The second-order valence-corrected chi connectivity index (χ2v) is 14.9. The summed E-state index contributed by atoms with van der Waals surface area (Å²) >= 11 is 0. The zero-order chi connectivity index (χ0) is 39.3. The van der Waals surface area contributed by atoms with Gasteiger partial charge in [-0.15, -0.1) is 0 Å². The number of pyridine rings is 2. The smallest absolute Gasteiger partial charge is 0.271 e. The van der Waals surface area contributed by atoms with Gasteiger partial charge < -0.3 is 19.7 Å². The van der Waals surface area contributed by atoms with E-state index in [2.05, 4.69) is 38.9 Å². The Labute approximate surface area is 323 Å². The molecule has 8 rings (SSSR count). The lowest BCUT2D eigenvalue weighted by molar-refractivity contribution is -0.137. The molecule has 3 aliphatic heterocycles. The fraction of sp³-hybridized carbons (Fsp3) is 0.302. The van der Waals surface area contributed by atoms with Gasteiger partial charge in [-0.05, 0) is 61.5 Å². The van der Waals surface area contributed by atoms with E-state index < -0.39 is 23.4 Å². The number of fused-ring (bicyclic) bond motifs is 3. The van der Waals surface area contributed by atoms with Crippen molar-refractivity contribution in [3.8, 4) is 34.4 Å². The van der Waals surface area contributed by atoms with E-state index in [9.17, 15) is 24.0 Å². The number of hydrogen-bond donors (Lipinski definition) is 2. The molecule has 2 N–H and O–H groups in total. The van der Waals surface area contributed by atoms with E-state index in [4.69, 9.17) is 9.97 Å². The lowest BCUT2D eigenvalue weighted by Crippen LogP contribution is -2.52. The summed E-state index contributed by atoms with van der Waals surface area (Å²) < 4.78 is 2.24. The van der Waals surface area contributed by atoms with Crippen LogP contribution in [0.4, 0.5) is 0 Å². The van der Waals surface area contributed by atoms with Gasteiger partial charge in [0.25, 0.3) is 11.8 Å². The molecule has 5 amide bonds. The van der Waals surface area contributed by atoms with Crippen molar-refractivity contribution >= 4 is 40.3 Å². The lowest BCUT2D eigenvalue weighted by atomic mass is 10.0. The highest BCUT2D eigenvalue weighted by Crippen LogP contribution is 2.35. The van der Waals surface area contributed by atoms with Gasteiger partial charge in [0, 0.05) is 79.4 Å². The third kappa shape index (κ3) is 6.68. The first-order valence-corrected chi connectivity index (χ1v) is 18.7. The summed E-state index contributed by atoms with van der Waals surface area (Å²) in [6, 6.07) is 16.1. The van der Waals surface area contributed by atoms with Gasteiger partial charge in [0.2, 0.25) is 17.7 Å². The van der Waals surface area contributed by atoms with Crippen LogP contribution < -0.4 is 10.6 Å². The number of piperidine rings is 1. The molecule has 2 aromatic carbocycles. The van der Waals surface area contributed by atoms with Crippen LogP contribution in [0.1, 0.15) is 84.0 Å². The molecule has 56 heavy (non-hydrogen) atoms. The summed E-state index contributed by atoms with van der Waals surface area (Å²) in [5, 5.41) is 7.20. The zero-order valence-corrected chi connectivity index (χ0v) is 31.6. The van der Waals surface area contributed by atoms with Crippen molar-refractivity contribution in [3.05, 3.63) is 101 Å². The fourth-order valence-electron chi connectivity index (χ4n) is 7.72. The Morgan fingerprint density at radius 3 is 2.54 bits per heavy atom. The number of amides is 5. The van der Waals surface area contributed by atoms with Crippen LogP contribution in [0.5, 0.6) is 0 Å². The summed E-state index contributed by atoms with van der Waals surface area (Å²) in [7, 11) is 0. The number of rotatable bonds is 6. The van der Waals surface area contributed by atoms with Crippen molar-refractivity contribution in [2.75, 3.05) is 6.54 Å². The summed E-state index contributed by atoms with van der Waals surface area (Å²) in [5.74, 6) is 5.84. The van der Waals surface area contributed by atoms with Crippen LogP contribution in [0.3, 0.4) is 0 Å². The minimum absolute atomic E-state index is 0.0495. The molecule has 1 saturated heterocycles. The number of nitrogens with zero attached hydrogens (tertiary/aromatic N) is 6. The van der Waals surface area contributed by atoms with Crippen LogP contribution in [-0.4, -0.2) is 77.0 Å². The van der Waals surface area contributed by atoms with Crippen LogP contribution in [0, 0.1) is 11.8 Å². The molecule has 5 aromatic rings. The molecule has 1 unspecified atom stereocenters. The van der Waals surface area contributed by atoms with E-state index in [1.165, 1.54) is 4.90 Å². The SMILES string of the molecule is CCc1nc(-c2cccc3cc(-c4ccc(C(=O)NC(C)(C)C#Cc5cccc6c5CN(C5CCC(=O)NC5=O)C6=O)nc4)ncc23)c2n1CCN(C(C)=O)C2. The number of nitrogens with one attached hydrogen (secondary N) is 2. The number of aromatic nitrogens is 4. The maximum absolute atomic E-state index is 13.4. The Morgan fingerprint density at radius 2 is 1.79 bits per heavy atom. The zero-order valence-electron chi connectivity index (χ0n) is 31.6. The van der Waals surface area contributed by atoms with Gasteiger partial charge in [0.15, 0.2) is 0 Å². The Hall–Kier alpha value is -6.68. The Bertz CT molecular complexity index is 2540. The van der Waals surface area contributed by atoms with Crippen LogP contribution in [-0.2, 0) is 40.4 Å². The molecule has 13 nitrogen and oxygen atoms in total. The van der Waals surface area contributed by atoms with Gasteiger partial charge >= 0.3 is 0 Å². The van der Waals surface area contributed by atoms with Gasteiger partial charge in [0.05, 0.1) is 29.2 Å². The van der Waals surface area contributed by atoms with Crippen molar-refractivity contribution in [3.63, 3.8) is 0 Å². The molecular formula is C43H40N8O5. The van der Waals surface area contributed by atoms with E-state index in [1.807, 2.05) is 47.5 Å². The van der Waals surface area contributed by atoms with Gasteiger partial charge in [-0.3, -0.25) is 39.3 Å². The van der Waals surface area contributed by atoms with Crippen molar-refractivity contribution in [2.24, 2.45) is 0 Å². The highest BCUT2D eigenvalue weighted by molar-refractivity contribution is 6.05. The lowest BCUT2D eigenvalue weighted by Gasteiger charge is -2.29. The molecule has 0 radical (unpaired) electrons. The predicted molar refractivity (Wildman–Crippen MR) is 208 cm³/mol. The van der Waals surface area contributed by atoms with Crippen LogP contribution in [0.2, 0.25) is 0 Å². The van der Waals surface area contributed by atoms with Crippen molar-refractivity contribution in [1.82, 2.24) is 40.0 Å². The predicted octanol–water partition coefficient (Wildman–Crippen LogP) is 4.41. The Balaban J connectivity index is 0.976. The quantitative estimate of drug-likeness (QED) is 0.191. The molecule has 0 aliphatic carbocycles. The summed E-state index contributed by atoms with van der Waals surface area (Å²) in [5.41, 5.74) is 5.38. The summed E-state index contributed by atoms with van der Waals surface area (Å²) in [4.78, 5) is 80.6. The van der Waals surface area contributed by atoms with E-state index in [-0.39, 0.29) is 42.8 Å². The summed E-state index contributed by atoms with van der Waals surface area (Å²) in [6.07, 6.45) is 4.71. The minimum atomic E-state index is -0.958. The van der Waals surface area contributed by atoms with E-state index in [0.29, 0.717) is 35.5 Å². The van der Waals surface area contributed by atoms with Gasteiger partial charge in [0.1, 0.15) is 17.6 Å². The fourth-order valence-corrected chi connectivity index (χ4v) is 7.72. The first-order chi connectivity index (χ1) is 26.9. The molecule has 3 aliphatic rings. The maximum Gasteiger partial charge on any atom is 0.271 e. The van der Waals surface area contributed by atoms with Crippen molar-refractivity contribution in [1.29, 1.82) is 0 Å². The molecule has 13 heteroatoms. The van der Waals surface area contributed by atoms with Gasteiger partial charge in [-0.2, -0.15) is 0 Å². The molecule has 1 atom stereocenters. The average molecular weight is 749 g/mol. The number of aryl methyl sites for hydroxylation is 1. The first kappa shape index (κ1) is 36.3. The largest absolute Gasteiger partial charge is 0.335 e. The third-order valence-corrected chi connectivity index (χ3v) is 10.7. The Morgan fingerprint density at radius 1 is 0.982 bits per heavy atom. The first-order valence-electron chi connectivity index (χ1n) is 18.7. The normalized spacial score (nSPS) is 16.6. The molecule has 282 valence electrons. The molecule has 1 fully saturated rings. The minimum Gasteiger partial charge on any atom is -0.335 e. The molecule has 3 aromatic heterocycles. The molecule has 6 heterocycles. The van der Waals surface area contributed by atoms with E-state index >= 15 is 0 Å². The number of benzene rings is 2. The summed E-state index contributed by atoms with van der Waals surface area (Å²) in [6.45, 7) is 9.36. The second kappa shape index (κ2) is 14.2. The Kier molecular flexibility index (Phi) is 9.20. The highest BCUT2D eigenvalue weighted by atomic mass is 16.2. The van der Waals surface area contributed by atoms with Crippen molar-refractivity contribution in [2.45, 2.75) is 78.2 Å². The van der Waals surface area contributed by atoms with E-state index in [0.717, 1.165) is 52.1 Å². The van der Waals surface area contributed by atoms with Crippen molar-refractivity contribution < 1.29 is 24.0 Å². The standard InChI is InChI=1S/C43H40N8O5/c1-5-37-46-39(36-24-49(25(2)52)18-19-50(36)37)29-10-7-9-27-20-34(45-22-31(27)29)28-12-13-33(44-21-28)40(54)48-43(3,4)17-16-26-8-6-11-30-32(26)23-51(42(30)56)35-14-15-38(53)47-41(35)55/h6-13,20-22,35H,5,14-15,18-19,23-24H2,1-4H3,(H,48,54)(H,47,53,55). The van der Waals surface area contributed by atoms with Gasteiger partial charge in [-0.25, -0.2) is 4.98 Å². The number of carbonyl (C=O) groups excluding carboxylic acids is 5. The third-order valence-electron chi connectivity index (χ3n) is 10.7. The van der Waals surface area contributed by atoms with E-state index in [1.54, 1.807) is 45.2 Å². The molecule has 0 bridgehead atoms. The number of imidazole rings is 1. The molecule has 0 spiro atoms. The number of carbonyl (C=O) groups is 5. The number of imide groups is 1.